The van der Waals surface area contributed by atoms with E-state index in [2.05, 4.69) is 115 Å². The van der Waals surface area contributed by atoms with Crippen LogP contribution in [0, 0.1) is 104 Å². The van der Waals surface area contributed by atoms with Crippen molar-refractivity contribution in [2.75, 3.05) is 19.0 Å². The predicted octanol–water partition coefficient (Wildman–Crippen LogP) is 30.2. The monoisotopic (exact) mass is 2060 g/mol. The van der Waals surface area contributed by atoms with Gasteiger partial charge in [-0.3, -0.25) is 0 Å². The number of aromatic hydroxyl groups is 8. The first-order chi connectivity index (χ1) is 68.6. The molecule has 143 heavy (non-hydrogen) atoms. The van der Waals surface area contributed by atoms with Crippen LogP contribution >= 0.6 is 97.7 Å². The van der Waals surface area contributed by atoms with Gasteiger partial charge in [-0.1, -0.05) is 294 Å². The summed E-state index contributed by atoms with van der Waals surface area (Å²) in [4.78, 5) is 0. The topological polar surface area (TPSA) is 223 Å². The van der Waals surface area contributed by atoms with E-state index in [1.807, 2.05) is 241 Å². The highest BCUT2D eigenvalue weighted by molar-refractivity contribution is 7.72. The van der Waals surface area contributed by atoms with Crippen LogP contribution in [0.4, 0.5) is 10.1 Å². The van der Waals surface area contributed by atoms with E-state index in [1.54, 1.807) is 92.4 Å². The Balaban J connectivity index is 0.000000156. The summed E-state index contributed by atoms with van der Waals surface area (Å²) in [5.74, 6) is 1.92. The lowest BCUT2D eigenvalue weighted by molar-refractivity contribution is 0.414. The van der Waals surface area contributed by atoms with Crippen molar-refractivity contribution in [3.8, 4) is 85.6 Å². The summed E-state index contributed by atoms with van der Waals surface area (Å²) < 4.78 is 38.2. The Hall–Kier alpha value is -14.1. The van der Waals surface area contributed by atoms with Crippen molar-refractivity contribution >= 4 is 103 Å². The molecule has 18 nitrogen and oxygen atoms in total. The first-order valence-corrected chi connectivity index (χ1v) is 49.7. The van der Waals surface area contributed by atoms with Crippen LogP contribution in [-0.4, -0.2) is 91.0 Å². The second-order valence-electron chi connectivity index (χ2n) is 33.8. The molecule has 18 rings (SSSR count). The van der Waals surface area contributed by atoms with Gasteiger partial charge in [-0.05, 0) is 235 Å². The predicted molar refractivity (Wildman–Crippen MR) is 598 cm³/mol. The number of hydrogen-bond donors (Lipinski definition) is 9. The van der Waals surface area contributed by atoms with E-state index < -0.39 is 0 Å². The molecular formula is C116H118FN9O9S8. The zero-order valence-corrected chi connectivity index (χ0v) is 88.4. The molecule has 0 saturated heterocycles. The smallest absolute Gasteiger partial charge is 0.153 e. The van der Waals surface area contributed by atoms with Gasteiger partial charge in [-0.25, -0.2) is 4.39 Å². The van der Waals surface area contributed by atoms with Gasteiger partial charge < -0.3 is 87.4 Å². The molecule has 1 unspecified atom stereocenters. The molecule has 0 radical (unpaired) electrons. The molecule has 0 spiro atoms. The number of aryl methyl sites for hydroxylation is 4. The van der Waals surface area contributed by atoms with Crippen molar-refractivity contribution < 1.29 is 50.0 Å². The van der Waals surface area contributed by atoms with E-state index in [4.69, 9.17) is 102 Å². The van der Waals surface area contributed by atoms with E-state index >= 15 is 0 Å². The zero-order chi connectivity index (χ0) is 103. The Morgan fingerprint density at radius 2 is 0.734 bits per heavy atom. The molecule has 17 aromatic rings. The Labute approximate surface area is 876 Å². The van der Waals surface area contributed by atoms with Gasteiger partial charge in [0.2, 0.25) is 0 Å². The maximum Gasteiger partial charge on any atom is 0.153 e. The molecule has 0 bridgehead atoms. The second-order valence-corrected chi connectivity index (χ2v) is 37.4. The van der Waals surface area contributed by atoms with Crippen molar-refractivity contribution in [3.05, 3.63) is 455 Å². The average Bonchev–Trinajstić information content (AvgIpc) is 1.65. The van der Waals surface area contributed by atoms with Gasteiger partial charge in [-0.15, -0.1) is 0 Å². The second kappa shape index (κ2) is 52.6. The number of anilines is 1. The SMILES string of the molecule is CCCc1ccccc1-n1ccc(=S)c(O)c1C.CCc1ccccc1-n1ccc(=S)c(O)c1C.COc1cccc(-n2ccc(=S)c(O)c2C)c1.Cc1c(O)c(=S)ccn1C1CCc2ccccc21.Cc1c(O)c(=S)ccn1CCNc1ccccc1.Cc1c(O)c(=S)ccn1Cc1ccc(-c2ccccc2)cc1.Cc1c(O)c(=S)ccn1Cc1ccccc1.Cc1ccc(-n2ccc(=S)c(O)c2C)cc1F. The Bertz CT molecular complexity index is 7820. The number of fused-ring (bicyclic) bond motifs is 1. The molecule has 27 heteroatoms. The van der Waals surface area contributed by atoms with Crippen molar-refractivity contribution in [1.29, 1.82) is 0 Å². The van der Waals surface area contributed by atoms with E-state index in [0.29, 0.717) is 71.3 Å². The van der Waals surface area contributed by atoms with Gasteiger partial charge in [0.1, 0.15) is 11.6 Å². The lowest BCUT2D eigenvalue weighted by atomic mass is 10.0. The summed E-state index contributed by atoms with van der Waals surface area (Å²) >= 11 is 40.3. The molecule has 0 saturated carbocycles. The summed E-state index contributed by atoms with van der Waals surface area (Å²) in [5, 5.41) is 82.1. The fraction of sp³-hybridized carbons (Fsp3) is 0.190. The number of nitrogens with zero attached hydrogens (tertiary/aromatic N) is 8. The number of benzene rings is 9. The Morgan fingerprint density at radius 3 is 1.22 bits per heavy atom. The number of para-hydroxylation sites is 3. The van der Waals surface area contributed by atoms with Crippen LogP contribution in [0.2, 0.25) is 0 Å². The van der Waals surface area contributed by atoms with Crippen LogP contribution in [0.5, 0.6) is 51.7 Å². The van der Waals surface area contributed by atoms with Gasteiger partial charge in [0.05, 0.1) is 94.8 Å². The fourth-order valence-electron chi connectivity index (χ4n) is 16.0. The van der Waals surface area contributed by atoms with E-state index in [9.17, 15) is 45.2 Å². The van der Waals surface area contributed by atoms with Crippen molar-refractivity contribution in [1.82, 2.24) is 36.5 Å². The average molecular weight is 2060 g/mol. The molecule has 0 amide bonds. The van der Waals surface area contributed by atoms with Crippen LogP contribution in [0.25, 0.3) is 33.9 Å². The van der Waals surface area contributed by atoms with Crippen molar-refractivity contribution in [2.45, 2.75) is 134 Å². The van der Waals surface area contributed by atoms with E-state index in [1.165, 1.54) is 50.6 Å². The molecule has 736 valence electrons. The highest BCUT2D eigenvalue weighted by Crippen LogP contribution is 2.38. The van der Waals surface area contributed by atoms with Gasteiger partial charge in [0.25, 0.3) is 0 Å². The summed E-state index contributed by atoms with van der Waals surface area (Å²) in [6.45, 7) is 23.9. The third-order valence-electron chi connectivity index (χ3n) is 24.5. The van der Waals surface area contributed by atoms with Gasteiger partial charge in [0.15, 0.2) is 46.0 Å². The minimum Gasteiger partial charge on any atom is -0.505 e. The maximum atomic E-state index is 13.5. The lowest BCUT2D eigenvalue weighted by Gasteiger charge is -2.20. The van der Waals surface area contributed by atoms with Crippen LogP contribution in [-0.2, 0) is 38.9 Å². The minimum absolute atomic E-state index is 0.0588. The molecule has 0 aliphatic heterocycles. The standard InChI is InChI=1S/C19H17NOS.C15H15NOS.C15H17NOS.C14H16N2OS.C14H15NOS.C13H12FNOS.C13H13NO2S.C13H13NOS/c1-14-19(21)18(22)11-12-20(14)13-15-7-9-17(10-8-15)16-5-3-2-4-6-16;1-10-15(17)14(18)8-9-16(10)13-7-6-11-4-2-3-5-12(11)13;1-3-6-12-7-4-5-8-13(12)16-10-9-14(18)15(17)11(16)2;1-11-14(17)13(18)7-9-16(11)10-8-15-12-5-3-2-4-6-12;1-3-11-6-4-5-7-12(11)15-9-8-13(17)14(16)10(15)2;1-8-3-4-10(7-11(8)14)15-6-5-12(17)13(16)9(15)2;1-9-13(15)12(17)6-7-14(9)10-4-3-5-11(8-10)16-2;1-10-13(15)12(16)7-8-14(10)9-11-5-3-2-4-6-11/h2-12,21H,13H2,1H3;2-5,8-9,13,17H,6-7H2,1H3;4-5,7-10,17H,3,6H2,1-2H3;2-7,9,15,17H,8,10H2,1H3;4-9,16H,3H2,1-2H3;3-7,16H,1-2H3;3-8,15H,1-2H3;2-8,15H,9H2,1H3. The molecule has 9 N–H and O–H groups in total. The third kappa shape index (κ3) is 28.7. The van der Waals surface area contributed by atoms with Crippen LogP contribution < -0.4 is 10.1 Å². The summed E-state index contributed by atoms with van der Waals surface area (Å²) in [5.41, 5.74) is 21.7. The molecule has 1 aliphatic rings. The van der Waals surface area contributed by atoms with Gasteiger partial charge in [0, 0.05) is 110 Å². The van der Waals surface area contributed by atoms with Crippen LogP contribution in [0.3, 0.4) is 0 Å². The normalized spacial score (nSPS) is 11.3. The molecule has 1 aliphatic carbocycles. The summed E-state index contributed by atoms with van der Waals surface area (Å²) in [6.07, 6.45) is 20.4. The number of aromatic nitrogens is 8. The van der Waals surface area contributed by atoms with Crippen LogP contribution in [0.1, 0.15) is 117 Å². The van der Waals surface area contributed by atoms with Gasteiger partial charge >= 0.3 is 0 Å². The van der Waals surface area contributed by atoms with Crippen molar-refractivity contribution in [2.24, 2.45) is 0 Å². The summed E-state index contributed by atoms with van der Waals surface area (Å²) in [6, 6.07) is 90.7. The molecular weight excluding hydrogens is 1940 g/mol. The Morgan fingerprint density at radius 1 is 0.350 bits per heavy atom. The number of ether oxygens (including phenoxy) is 1. The number of hydrogen-bond acceptors (Lipinski definition) is 18. The fourth-order valence-corrected chi connectivity index (χ4v) is 17.7. The van der Waals surface area contributed by atoms with Crippen LogP contribution in [0.15, 0.2) is 329 Å². The number of nitrogens with one attached hydrogen (secondary N) is 1. The van der Waals surface area contributed by atoms with Gasteiger partial charge in [-0.2, -0.15) is 0 Å². The molecule has 1 atom stereocenters. The minimum atomic E-state index is -0.267. The highest BCUT2D eigenvalue weighted by atomic mass is 32.1. The van der Waals surface area contributed by atoms with Crippen molar-refractivity contribution in [3.63, 3.8) is 0 Å². The van der Waals surface area contributed by atoms with E-state index in [0.717, 1.165) is 114 Å². The lowest BCUT2D eigenvalue weighted by Crippen LogP contribution is -2.12. The first-order valence-electron chi connectivity index (χ1n) is 46.5. The molecule has 9 aromatic carbocycles. The molecule has 0 fully saturated rings. The van der Waals surface area contributed by atoms with E-state index in [-0.39, 0.29) is 51.8 Å². The summed E-state index contributed by atoms with van der Waals surface area (Å²) in [7, 11) is 1.63. The molecule has 8 heterocycles. The highest BCUT2D eigenvalue weighted by Gasteiger charge is 2.25. The number of rotatable bonds is 18. The quantitative estimate of drug-likeness (QED) is 0.0364. The maximum absolute atomic E-state index is 13.5. The number of halogens is 1. The third-order valence-corrected chi connectivity index (χ3v) is 27.1. The first kappa shape index (κ1) is 109. The number of methoxy groups -OCH3 is 1. The zero-order valence-electron chi connectivity index (χ0n) is 81.8. The number of pyridine rings is 8. The largest absolute Gasteiger partial charge is 0.505 e. The Kier molecular flexibility index (Phi) is 40.2. The molecule has 8 aromatic heterocycles.